The number of anilines is 1. The summed E-state index contributed by atoms with van der Waals surface area (Å²) in [5.74, 6) is -1.30. The number of nitrogens with one attached hydrogen (secondary N) is 1. The molecule has 1 aliphatic rings. The number of halogens is 4. The van der Waals surface area contributed by atoms with Crippen molar-refractivity contribution >= 4 is 27.8 Å². The molecule has 1 N–H and O–H groups in total. The van der Waals surface area contributed by atoms with Gasteiger partial charge in [-0.05, 0) is 35.0 Å². The van der Waals surface area contributed by atoms with Crippen LogP contribution in [0.5, 0.6) is 0 Å². The molecule has 3 rings (SSSR count). The van der Waals surface area contributed by atoms with Crippen LogP contribution in [-0.2, 0) is 9.53 Å². The van der Waals surface area contributed by atoms with E-state index in [1.54, 1.807) is 24.3 Å². The Labute approximate surface area is 148 Å². The number of nitrogens with zero attached hydrogens (tertiary/aromatic N) is 4. The normalized spacial score (nSPS) is 17.1. The van der Waals surface area contributed by atoms with Crippen LogP contribution >= 0.6 is 15.9 Å². The summed E-state index contributed by atoms with van der Waals surface area (Å²) in [5, 5.41) is 12.8. The maximum absolute atomic E-state index is 13.5. The lowest BCUT2D eigenvalue weighted by Crippen LogP contribution is -2.35. The molecule has 132 valence electrons. The lowest BCUT2D eigenvalue weighted by atomic mass is 9.95. The van der Waals surface area contributed by atoms with Gasteiger partial charge in [0, 0.05) is 4.47 Å². The van der Waals surface area contributed by atoms with E-state index in [0.717, 1.165) is 9.15 Å². The fraction of sp³-hybridized carbons (Fsp3) is 0.286. The number of fused-ring (bicyclic) bond motifs is 1. The van der Waals surface area contributed by atoms with Gasteiger partial charge in [-0.25, -0.2) is 4.79 Å². The van der Waals surface area contributed by atoms with Crippen molar-refractivity contribution in [2.45, 2.75) is 19.1 Å². The van der Waals surface area contributed by atoms with E-state index in [0.29, 0.717) is 5.56 Å². The Morgan fingerprint density at radius 3 is 2.64 bits per heavy atom. The maximum Gasteiger partial charge on any atom is 0.431 e. The van der Waals surface area contributed by atoms with Crippen LogP contribution in [0.4, 0.5) is 19.1 Å². The van der Waals surface area contributed by atoms with Crippen LogP contribution in [0.25, 0.3) is 0 Å². The Hall–Kier alpha value is -2.43. The van der Waals surface area contributed by atoms with Gasteiger partial charge in [-0.1, -0.05) is 33.2 Å². The molecule has 0 unspecified atom stereocenters. The molecule has 0 aliphatic carbocycles. The van der Waals surface area contributed by atoms with Crippen LogP contribution in [0, 0.1) is 0 Å². The second kappa shape index (κ2) is 6.47. The van der Waals surface area contributed by atoms with Crippen LogP contribution in [-0.4, -0.2) is 39.0 Å². The van der Waals surface area contributed by atoms with E-state index >= 15 is 0 Å². The predicted molar refractivity (Wildman–Crippen MR) is 83.4 cm³/mol. The topological polar surface area (TPSA) is 81.9 Å². The van der Waals surface area contributed by atoms with Gasteiger partial charge in [0.15, 0.2) is 0 Å². The molecular weight excluding hydrogens is 407 g/mol. The van der Waals surface area contributed by atoms with Gasteiger partial charge in [-0.15, -0.1) is 0 Å². The molecule has 25 heavy (non-hydrogen) atoms. The molecular formula is C14H11BrF3N5O2. The van der Waals surface area contributed by atoms with Gasteiger partial charge in [0.05, 0.1) is 12.2 Å². The van der Waals surface area contributed by atoms with E-state index in [1.807, 2.05) is 0 Å². The molecule has 1 aromatic carbocycles. The fourth-order valence-corrected chi connectivity index (χ4v) is 2.75. The van der Waals surface area contributed by atoms with Crippen molar-refractivity contribution < 1.29 is 22.7 Å². The molecule has 2 aromatic rings. The highest BCUT2D eigenvalue weighted by molar-refractivity contribution is 9.10. The second-order valence-electron chi connectivity index (χ2n) is 5.03. The zero-order chi connectivity index (χ0) is 18.2. The first-order valence-corrected chi connectivity index (χ1v) is 7.91. The van der Waals surface area contributed by atoms with Crippen molar-refractivity contribution in [1.29, 1.82) is 0 Å². The monoisotopic (exact) mass is 417 g/mol. The highest BCUT2D eigenvalue weighted by atomic mass is 79.9. The summed E-state index contributed by atoms with van der Waals surface area (Å²) in [7, 11) is 0. The smallest absolute Gasteiger partial charge is 0.431 e. The van der Waals surface area contributed by atoms with Gasteiger partial charge in [0.25, 0.3) is 0 Å². The SMILES string of the molecule is CCOC(=O)C1=C(C(F)(F)F)Nc2nnnn2[C@@H]1c1ccc(Br)cc1. The molecule has 0 saturated carbocycles. The molecule has 0 fully saturated rings. The van der Waals surface area contributed by atoms with Crippen LogP contribution in [0.3, 0.4) is 0 Å². The number of hydrogen-bond donors (Lipinski definition) is 1. The molecule has 11 heteroatoms. The van der Waals surface area contributed by atoms with Crippen molar-refractivity contribution in [3.63, 3.8) is 0 Å². The molecule has 7 nitrogen and oxygen atoms in total. The first-order chi connectivity index (χ1) is 11.8. The number of aromatic nitrogens is 4. The van der Waals surface area contributed by atoms with Gasteiger partial charge >= 0.3 is 12.1 Å². The number of alkyl halides is 3. The third kappa shape index (κ3) is 3.23. The molecule has 1 aromatic heterocycles. The molecule has 0 spiro atoms. The summed E-state index contributed by atoms with van der Waals surface area (Å²) in [6.45, 7) is 1.45. The molecule has 0 amide bonds. The minimum Gasteiger partial charge on any atom is -0.463 e. The number of rotatable bonds is 3. The fourth-order valence-electron chi connectivity index (χ4n) is 2.49. The Kier molecular flexibility index (Phi) is 4.50. The number of allylic oxidation sites excluding steroid dienone is 1. The van der Waals surface area contributed by atoms with Crippen molar-refractivity contribution in [2.24, 2.45) is 0 Å². The molecule has 2 heterocycles. The minimum absolute atomic E-state index is 0.0665. The van der Waals surface area contributed by atoms with E-state index in [-0.39, 0.29) is 12.6 Å². The van der Waals surface area contributed by atoms with Crippen molar-refractivity contribution in [1.82, 2.24) is 20.2 Å². The number of tetrazole rings is 1. The van der Waals surface area contributed by atoms with Gasteiger partial charge in [0.1, 0.15) is 11.7 Å². The average Bonchev–Trinajstić information content (AvgIpc) is 3.01. The average molecular weight is 418 g/mol. The van der Waals surface area contributed by atoms with Crippen LogP contribution in [0.15, 0.2) is 40.0 Å². The molecule has 1 aliphatic heterocycles. The maximum atomic E-state index is 13.5. The molecule has 0 bridgehead atoms. The summed E-state index contributed by atoms with van der Waals surface area (Å²) < 4.78 is 47.3. The van der Waals surface area contributed by atoms with E-state index in [9.17, 15) is 18.0 Å². The number of carbonyl (C=O) groups is 1. The van der Waals surface area contributed by atoms with E-state index < -0.39 is 29.5 Å². The Morgan fingerprint density at radius 2 is 2.04 bits per heavy atom. The molecule has 0 radical (unpaired) electrons. The van der Waals surface area contributed by atoms with Crippen molar-refractivity contribution in [3.05, 3.63) is 45.6 Å². The lowest BCUT2D eigenvalue weighted by molar-refractivity contribution is -0.140. The second-order valence-corrected chi connectivity index (χ2v) is 5.95. The zero-order valence-electron chi connectivity index (χ0n) is 12.7. The number of hydrogen-bond acceptors (Lipinski definition) is 6. The third-order valence-electron chi connectivity index (χ3n) is 3.48. The predicted octanol–water partition coefficient (Wildman–Crippen LogP) is 2.83. The highest BCUT2D eigenvalue weighted by Crippen LogP contribution is 2.40. The zero-order valence-corrected chi connectivity index (χ0v) is 14.3. The summed E-state index contributed by atoms with van der Waals surface area (Å²) >= 11 is 3.26. The number of carbonyl (C=O) groups excluding carboxylic acids is 1. The third-order valence-corrected chi connectivity index (χ3v) is 4.01. The van der Waals surface area contributed by atoms with Gasteiger partial charge in [0.2, 0.25) is 5.95 Å². The Bertz CT molecular complexity index is 832. The lowest BCUT2D eigenvalue weighted by Gasteiger charge is -2.29. The summed E-state index contributed by atoms with van der Waals surface area (Å²) in [5.41, 5.74) is -1.43. The van der Waals surface area contributed by atoms with E-state index in [1.165, 1.54) is 6.92 Å². The van der Waals surface area contributed by atoms with Gasteiger partial charge in [-0.2, -0.15) is 17.9 Å². The number of esters is 1. The Morgan fingerprint density at radius 1 is 1.36 bits per heavy atom. The van der Waals surface area contributed by atoms with E-state index in [2.05, 4.69) is 36.8 Å². The van der Waals surface area contributed by atoms with Crippen LogP contribution in [0.1, 0.15) is 18.5 Å². The molecule has 1 atom stereocenters. The highest BCUT2D eigenvalue weighted by Gasteiger charge is 2.46. The standard InChI is InChI=1S/C14H11BrF3N5O2/c1-2-25-12(24)9-10(7-3-5-8(15)6-4-7)23-13(20-21-22-23)19-11(9)14(16,17)18/h3-6,10H,2H2,1H3,(H,19,20,22)/t10-/m1/s1. The van der Waals surface area contributed by atoms with Crippen LogP contribution < -0.4 is 5.32 Å². The first kappa shape index (κ1) is 17.4. The largest absolute Gasteiger partial charge is 0.463 e. The molecule has 0 saturated heterocycles. The van der Waals surface area contributed by atoms with Crippen molar-refractivity contribution in [3.8, 4) is 0 Å². The summed E-state index contributed by atoms with van der Waals surface area (Å²) in [6.07, 6.45) is -4.81. The van der Waals surface area contributed by atoms with Gasteiger partial charge in [-0.3, -0.25) is 0 Å². The van der Waals surface area contributed by atoms with Crippen molar-refractivity contribution in [2.75, 3.05) is 11.9 Å². The quantitative estimate of drug-likeness (QED) is 0.773. The van der Waals surface area contributed by atoms with E-state index in [4.69, 9.17) is 4.74 Å². The Balaban J connectivity index is 2.24. The summed E-state index contributed by atoms with van der Waals surface area (Å²) in [6, 6.07) is 5.29. The number of ether oxygens (including phenoxy) is 1. The first-order valence-electron chi connectivity index (χ1n) is 7.11. The minimum atomic E-state index is -4.81. The van der Waals surface area contributed by atoms with Gasteiger partial charge < -0.3 is 10.1 Å². The van der Waals surface area contributed by atoms with Crippen LogP contribution in [0.2, 0.25) is 0 Å². The number of benzene rings is 1. The summed E-state index contributed by atoms with van der Waals surface area (Å²) in [4.78, 5) is 12.3.